The Morgan fingerprint density at radius 3 is 1.29 bits per heavy atom. The molecule has 0 N–H and O–H groups in total. The first-order valence-corrected chi connectivity index (χ1v) is 13.5. The van der Waals surface area contributed by atoms with Crippen LogP contribution < -0.4 is 0 Å². The van der Waals surface area contributed by atoms with Gasteiger partial charge in [0.2, 0.25) is 0 Å². The lowest BCUT2D eigenvalue weighted by Crippen LogP contribution is -2.30. The summed E-state index contributed by atoms with van der Waals surface area (Å²) in [6, 6.07) is 30.7. The highest BCUT2D eigenvalue weighted by molar-refractivity contribution is 8.13. The SMILES string of the molecule is O=C(CCC(c1ccccc1)(c1ccccc1)c1ccccc1)Sc1c(Cl)c(Cl)c(Cl)c(Cl)c1Cl. The van der Waals surface area contributed by atoms with E-state index in [1.165, 1.54) is 0 Å². The normalized spacial score (nSPS) is 11.5. The minimum absolute atomic E-state index is 0.0661. The molecule has 0 radical (unpaired) electrons. The van der Waals surface area contributed by atoms with Crippen molar-refractivity contribution in [2.24, 2.45) is 0 Å². The van der Waals surface area contributed by atoms with Gasteiger partial charge in [-0.15, -0.1) is 0 Å². The second kappa shape index (κ2) is 11.6. The molecule has 0 aliphatic carbocycles. The summed E-state index contributed by atoms with van der Waals surface area (Å²) in [5.74, 6) is 0. The van der Waals surface area contributed by atoms with Crippen LogP contribution in [0.4, 0.5) is 0 Å². The second-order valence-electron chi connectivity index (χ2n) is 7.88. The van der Waals surface area contributed by atoms with E-state index in [4.69, 9.17) is 58.0 Å². The number of carbonyl (C=O) groups is 1. The first kappa shape index (κ1) is 26.4. The summed E-state index contributed by atoms with van der Waals surface area (Å²) in [5, 5.41) is 0.331. The molecule has 0 bridgehead atoms. The average molecular weight is 581 g/mol. The summed E-state index contributed by atoms with van der Waals surface area (Å²) in [6.45, 7) is 0. The summed E-state index contributed by atoms with van der Waals surface area (Å²) >= 11 is 32.2. The Balaban J connectivity index is 1.74. The highest BCUT2D eigenvalue weighted by atomic mass is 35.5. The van der Waals surface area contributed by atoms with Gasteiger partial charge in [-0.05, 0) is 34.9 Å². The molecule has 0 unspecified atom stereocenters. The smallest absolute Gasteiger partial charge is 0.193 e. The van der Waals surface area contributed by atoms with E-state index in [2.05, 4.69) is 36.4 Å². The van der Waals surface area contributed by atoms with E-state index >= 15 is 0 Å². The Hall–Kier alpha value is -1.65. The molecule has 35 heavy (non-hydrogen) atoms. The fraction of sp³-hybridized carbons (Fsp3) is 0.107. The maximum atomic E-state index is 13.3. The summed E-state index contributed by atoms with van der Waals surface area (Å²) < 4.78 is 0. The van der Waals surface area contributed by atoms with Crippen LogP contribution in [0.5, 0.6) is 0 Å². The summed E-state index contributed by atoms with van der Waals surface area (Å²) in [6.07, 6.45) is 0.773. The van der Waals surface area contributed by atoms with Crippen molar-refractivity contribution in [2.75, 3.05) is 0 Å². The predicted octanol–water partition coefficient (Wildman–Crippen LogP) is 10.4. The van der Waals surface area contributed by atoms with Crippen molar-refractivity contribution in [1.82, 2.24) is 0 Å². The highest BCUT2D eigenvalue weighted by Gasteiger charge is 2.36. The first-order chi connectivity index (χ1) is 16.9. The van der Waals surface area contributed by atoms with E-state index < -0.39 is 5.41 Å². The molecule has 0 aliphatic heterocycles. The number of thioether (sulfide) groups is 1. The number of benzene rings is 4. The van der Waals surface area contributed by atoms with Crippen LogP contribution in [0.1, 0.15) is 29.5 Å². The zero-order chi connectivity index (χ0) is 25.0. The molecule has 0 aromatic heterocycles. The molecule has 0 saturated carbocycles. The third kappa shape index (κ3) is 5.39. The van der Waals surface area contributed by atoms with Gasteiger partial charge in [0.05, 0.1) is 30.0 Å². The second-order valence-corrected chi connectivity index (χ2v) is 10.8. The summed E-state index contributed by atoms with van der Waals surface area (Å²) in [4.78, 5) is 13.6. The van der Waals surface area contributed by atoms with Crippen LogP contribution in [0, 0.1) is 0 Å². The number of carbonyl (C=O) groups excluding carboxylic acids is 1. The van der Waals surface area contributed by atoms with Crippen molar-refractivity contribution in [3.05, 3.63) is 133 Å². The molecule has 0 aliphatic rings. The average Bonchev–Trinajstić information content (AvgIpc) is 2.91. The Bertz CT molecular complexity index is 1200. The molecule has 0 amide bonds. The monoisotopic (exact) mass is 578 g/mol. The van der Waals surface area contributed by atoms with Crippen molar-refractivity contribution in [3.8, 4) is 0 Å². The van der Waals surface area contributed by atoms with Crippen LogP contribution in [0.25, 0.3) is 0 Å². The van der Waals surface area contributed by atoms with Gasteiger partial charge in [-0.2, -0.15) is 0 Å². The van der Waals surface area contributed by atoms with Gasteiger partial charge in [0.15, 0.2) is 5.12 Å². The van der Waals surface area contributed by atoms with Crippen molar-refractivity contribution in [2.45, 2.75) is 23.2 Å². The molecule has 0 saturated heterocycles. The van der Waals surface area contributed by atoms with Gasteiger partial charge >= 0.3 is 0 Å². The van der Waals surface area contributed by atoms with Crippen molar-refractivity contribution in [3.63, 3.8) is 0 Å². The van der Waals surface area contributed by atoms with E-state index in [-0.39, 0.29) is 36.6 Å². The largest absolute Gasteiger partial charge is 0.287 e. The molecule has 7 heteroatoms. The van der Waals surface area contributed by atoms with Crippen LogP contribution in [-0.2, 0) is 10.2 Å². The Kier molecular flexibility index (Phi) is 8.76. The molecular weight excluding hydrogens is 562 g/mol. The number of rotatable bonds is 7. The van der Waals surface area contributed by atoms with Crippen LogP contribution in [0.3, 0.4) is 0 Å². The van der Waals surface area contributed by atoms with Gasteiger partial charge in [-0.1, -0.05) is 149 Å². The van der Waals surface area contributed by atoms with E-state index in [9.17, 15) is 4.79 Å². The standard InChI is InChI=1S/C28H19Cl5OS/c29-22-23(30)25(32)27(26(33)24(22)31)35-21(34)16-17-28(18-10-4-1-5-11-18,19-12-6-2-7-13-19)20-14-8-3-9-15-20/h1-15H,16-17H2. The molecule has 0 heterocycles. The van der Waals surface area contributed by atoms with Crippen LogP contribution >= 0.6 is 69.8 Å². The molecule has 4 rings (SSSR count). The minimum atomic E-state index is -0.539. The van der Waals surface area contributed by atoms with Gasteiger partial charge in [-0.25, -0.2) is 0 Å². The molecule has 0 fully saturated rings. The Labute approximate surface area is 234 Å². The van der Waals surface area contributed by atoms with E-state index in [1.807, 2.05) is 54.6 Å². The number of hydrogen-bond donors (Lipinski definition) is 0. The van der Waals surface area contributed by atoms with Crippen LogP contribution in [0.2, 0.25) is 25.1 Å². The quantitative estimate of drug-likeness (QED) is 0.0936. The van der Waals surface area contributed by atoms with Crippen LogP contribution in [0.15, 0.2) is 95.9 Å². The zero-order valence-corrected chi connectivity index (χ0v) is 22.9. The van der Waals surface area contributed by atoms with Gasteiger partial charge in [0.1, 0.15) is 0 Å². The Morgan fingerprint density at radius 1 is 0.571 bits per heavy atom. The maximum absolute atomic E-state index is 13.3. The molecule has 4 aromatic rings. The molecule has 1 nitrogen and oxygen atoms in total. The van der Waals surface area contributed by atoms with E-state index in [0.29, 0.717) is 11.3 Å². The van der Waals surface area contributed by atoms with Crippen molar-refractivity contribution >= 4 is 74.9 Å². The van der Waals surface area contributed by atoms with Crippen molar-refractivity contribution < 1.29 is 4.79 Å². The van der Waals surface area contributed by atoms with Crippen molar-refractivity contribution in [1.29, 1.82) is 0 Å². The Morgan fingerprint density at radius 2 is 0.914 bits per heavy atom. The van der Waals surface area contributed by atoms with Gasteiger partial charge in [-0.3, -0.25) is 4.79 Å². The molecule has 178 valence electrons. The molecule has 0 atom stereocenters. The zero-order valence-electron chi connectivity index (χ0n) is 18.3. The van der Waals surface area contributed by atoms with Gasteiger partial charge in [0, 0.05) is 11.8 Å². The molecule has 0 spiro atoms. The van der Waals surface area contributed by atoms with E-state index in [1.54, 1.807) is 0 Å². The third-order valence-corrected chi connectivity index (χ3v) is 9.43. The summed E-state index contributed by atoms with van der Waals surface area (Å²) in [7, 11) is 0. The number of hydrogen-bond acceptors (Lipinski definition) is 2. The lowest BCUT2D eigenvalue weighted by molar-refractivity contribution is -0.111. The minimum Gasteiger partial charge on any atom is -0.287 e. The predicted molar refractivity (Wildman–Crippen MR) is 151 cm³/mol. The molecular formula is C28H19Cl5OS. The fourth-order valence-electron chi connectivity index (χ4n) is 4.23. The summed E-state index contributed by atoms with van der Waals surface area (Å²) in [5.41, 5.74) is 2.76. The fourth-order valence-corrected chi connectivity index (χ4v) is 6.53. The van der Waals surface area contributed by atoms with Gasteiger partial charge < -0.3 is 0 Å². The number of halogens is 5. The van der Waals surface area contributed by atoms with E-state index in [0.717, 1.165) is 28.5 Å². The van der Waals surface area contributed by atoms with Gasteiger partial charge in [0.25, 0.3) is 0 Å². The first-order valence-electron chi connectivity index (χ1n) is 10.7. The lowest BCUT2D eigenvalue weighted by Gasteiger charge is -2.36. The maximum Gasteiger partial charge on any atom is 0.193 e. The lowest BCUT2D eigenvalue weighted by atomic mass is 9.67. The topological polar surface area (TPSA) is 17.1 Å². The third-order valence-electron chi connectivity index (χ3n) is 5.89. The molecule has 4 aromatic carbocycles. The van der Waals surface area contributed by atoms with Crippen LogP contribution in [-0.4, -0.2) is 5.12 Å². The highest BCUT2D eigenvalue weighted by Crippen LogP contribution is 2.49.